The van der Waals surface area contributed by atoms with E-state index in [1.165, 1.54) is 30.6 Å². The van der Waals surface area contributed by atoms with E-state index in [0.29, 0.717) is 17.5 Å². The molecule has 1 N–H and O–H groups in total. The van der Waals surface area contributed by atoms with Gasteiger partial charge in [-0.2, -0.15) is 0 Å². The highest BCUT2D eigenvalue weighted by molar-refractivity contribution is 7.10. The van der Waals surface area contributed by atoms with Crippen LogP contribution >= 0.6 is 11.3 Å². The fraction of sp³-hybridized carbons (Fsp3) is 0.778. The lowest BCUT2D eigenvalue weighted by atomic mass is 9.75. The summed E-state index contributed by atoms with van der Waals surface area (Å²) < 4.78 is 0. The van der Waals surface area contributed by atoms with Gasteiger partial charge < -0.3 is 10.2 Å². The highest BCUT2D eigenvalue weighted by Crippen LogP contribution is 2.36. The van der Waals surface area contributed by atoms with Crippen LogP contribution in [0, 0.1) is 11.8 Å². The van der Waals surface area contributed by atoms with Crippen molar-refractivity contribution < 1.29 is 0 Å². The molecule has 21 heavy (non-hydrogen) atoms. The lowest BCUT2D eigenvalue weighted by Crippen LogP contribution is -2.54. The molecule has 2 rings (SSSR count). The van der Waals surface area contributed by atoms with Crippen molar-refractivity contribution in [2.75, 3.05) is 20.6 Å². The van der Waals surface area contributed by atoms with Gasteiger partial charge in [0.2, 0.25) is 0 Å². The largest absolute Gasteiger partial charge is 0.307 e. The van der Waals surface area contributed by atoms with Gasteiger partial charge >= 0.3 is 0 Å². The van der Waals surface area contributed by atoms with Gasteiger partial charge in [0, 0.05) is 23.0 Å². The molecule has 1 aliphatic carbocycles. The van der Waals surface area contributed by atoms with Crippen LogP contribution in [0.3, 0.4) is 0 Å². The Morgan fingerprint density at radius 1 is 1.43 bits per heavy atom. The van der Waals surface area contributed by atoms with Crippen LogP contribution in [-0.4, -0.2) is 31.1 Å². The minimum atomic E-state index is 0.335. The van der Waals surface area contributed by atoms with Gasteiger partial charge in [0.15, 0.2) is 0 Å². The SMILES string of the molecule is CC1CCCC(CNC(c2cccs2)C(C)C)(N(C)C)C1. The normalized spacial score (nSPS) is 28.2. The minimum Gasteiger partial charge on any atom is -0.307 e. The Kier molecular flexibility index (Phi) is 5.87. The van der Waals surface area contributed by atoms with Crippen LogP contribution in [0.5, 0.6) is 0 Å². The van der Waals surface area contributed by atoms with Crippen molar-refractivity contribution in [2.45, 2.75) is 58.0 Å². The molecule has 2 nitrogen and oxygen atoms in total. The fourth-order valence-corrected chi connectivity index (χ4v) is 4.76. The number of hydrogen-bond donors (Lipinski definition) is 1. The average Bonchev–Trinajstić information content (AvgIpc) is 2.92. The van der Waals surface area contributed by atoms with Gasteiger partial charge in [-0.05, 0) is 50.2 Å². The molecule has 3 atom stereocenters. The molecule has 1 aliphatic rings. The van der Waals surface area contributed by atoms with Gasteiger partial charge in [-0.3, -0.25) is 0 Å². The fourth-order valence-electron chi connectivity index (χ4n) is 3.79. The van der Waals surface area contributed by atoms with Gasteiger partial charge in [-0.15, -0.1) is 11.3 Å². The van der Waals surface area contributed by atoms with E-state index in [1.54, 1.807) is 0 Å². The Balaban J connectivity index is 2.06. The molecule has 3 unspecified atom stereocenters. The van der Waals surface area contributed by atoms with E-state index < -0.39 is 0 Å². The zero-order valence-electron chi connectivity index (χ0n) is 14.4. The highest BCUT2D eigenvalue weighted by atomic mass is 32.1. The molecule has 0 aromatic carbocycles. The van der Waals surface area contributed by atoms with E-state index in [0.717, 1.165) is 12.5 Å². The lowest BCUT2D eigenvalue weighted by molar-refractivity contribution is 0.0705. The van der Waals surface area contributed by atoms with E-state index in [1.807, 2.05) is 11.3 Å². The van der Waals surface area contributed by atoms with Gasteiger partial charge in [-0.1, -0.05) is 39.7 Å². The van der Waals surface area contributed by atoms with Gasteiger partial charge in [0.25, 0.3) is 0 Å². The van der Waals surface area contributed by atoms with E-state index >= 15 is 0 Å². The van der Waals surface area contributed by atoms with Crippen LogP contribution in [0.1, 0.15) is 57.4 Å². The number of hydrogen-bond acceptors (Lipinski definition) is 3. The third kappa shape index (κ3) is 4.08. The van der Waals surface area contributed by atoms with Crippen molar-refractivity contribution in [1.82, 2.24) is 10.2 Å². The standard InChI is InChI=1S/C18H32N2S/c1-14(2)17(16-9-7-11-21-16)19-13-18(20(4)5)10-6-8-15(3)12-18/h7,9,11,14-15,17,19H,6,8,10,12-13H2,1-5H3. The van der Waals surface area contributed by atoms with Crippen molar-refractivity contribution in [3.05, 3.63) is 22.4 Å². The first kappa shape index (κ1) is 17.0. The summed E-state index contributed by atoms with van der Waals surface area (Å²) in [6.45, 7) is 8.16. The molecule has 1 saturated carbocycles. The summed E-state index contributed by atoms with van der Waals surface area (Å²) in [5.74, 6) is 1.48. The summed E-state index contributed by atoms with van der Waals surface area (Å²) in [5.41, 5.74) is 0.335. The first-order valence-electron chi connectivity index (χ1n) is 8.39. The topological polar surface area (TPSA) is 15.3 Å². The summed E-state index contributed by atoms with van der Waals surface area (Å²) in [4.78, 5) is 3.95. The molecule has 1 heterocycles. The van der Waals surface area contributed by atoms with Crippen LogP contribution in [0.25, 0.3) is 0 Å². The Bertz CT molecular complexity index is 413. The van der Waals surface area contributed by atoms with Crippen molar-refractivity contribution in [2.24, 2.45) is 11.8 Å². The Labute approximate surface area is 134 Å². The smallest absolute Gasteiger partial charge is 0.0438 e. The summed E-state index contributed by atoms with van der Waals surface area (Å²) in [6, 6.07) is 4.93. The predicted octanol–water partition coefficient (Wildman–Crippen LogP) is 4.55. The van der Waals surface area contributed by atoms with E-state index in [-0.39, 0.29) is 0 Å². The summed E-state index contributed by atoms with van der Waals surface area (Å²) in [7, 11) is 4.52. The van der Waals surface area contributed by atoms with E-state index in [9.17, 15) is 0 Å². The third-order valence-electron chi connectivity index (χ3n) is 5.18. The molecule has 0 amide bonds. The molecule has 0 bridgehead atoms. The van der Waals surface area contributed by atoms with Crippen LogP contribution in [0.4, 0.5) is 0 Å². The highest BCUT2D eigenvalue weighted by Gasteiger charge is 2.37. The zero-order chi connectivity index (χ0) is 15.5. The predicted molar refractivity (Wildman–Crippen MR) is 94.0 cm³/mol. The number of likely N-dealkylation sites (N-methyl/N-ethyl adjacent to an activating group) is 1. The van der Waals surface area contributed by atoms with Crippen LogP contribution < -0.4 is 5.32 Å². The third-order valence-corrected chi connectivity index (χ3v) is 6.14. The van der Waals surface area contributed by atoms with E-state index in [4.69, 9.17) is 0 Å². The maximum Gasteiger partial charge on any atom is 0.0438 e. The second-order valence-electron chi connectivity index (χ2n) is 7.44. The van der Waals surface area contributed by atoms with Gasteiger partial charge in [0.1, 0.15) is 0 Å². The second-order valence-corrected chi connectivity index (χ2v) is 8.42. The lowest BCUT2D eigenvalue weighted by Gasteiger charge is -2.46. The Morgan fingerprint density at radius 2 is 2.19 bits per heavy atom. The molecule has 0 spiro atoms. The van der Waals surface area contributed by atoms with Crippen molar-refractivity contribution in [1.29, 1.82) is 0 Å². The molecular weight excluding hydrogens is 276 g/mol. The molecule has 3 heteroatoms. The van der Waals surface area contributed by atoms with Crippen LogP contribution in [0.2, 0.25) is 0 Å². The van der Waals surface area contributed by atoms with Crippen molar-refractivity contribution >= 4 is 11.3 Å². The number of nitrogens with zero attached hydrogens (tertiary/aromatic N) is 1. The molecule has 0 aliphatic heterocycles. The quantitative estimate of drug-likeness (QED) is 0.829. The Morgan fingerprint density at radius 3 is 2.71 bits per heavy atom. The first-order chi connectivity index (χ1) is 9.94. The monoisotopic (exact) mass is 308 g/mol. The molecule has 1 aromatic heterocycles. The average molecular weight is 309 g/mol. The molecule has 0 radical (unpaired) electrons. The van der Waals surface area contributed by atoms with Crippen molar-refractivity contribution in [3.8, 4) is 0 Å². The first-order valence-corrected chi connectivity index (χ1v) is 9.27. The maximum absolute atomic E-state index is 3.90. The number of thiophene rings is 1. The summed E-state index contributed by atoms with van der Waals surface area (Å²) in [5, 5.41) is 6.09. The van der Waals surface area contributed by atoms with E-state index in [2.05, 4.69) is 62.6 Å². The van der Waals surface area contributed by atoms with Gasteiger partial charge in [-0.25, -0.2) is 0 Å². The number of rotatable bonds is 6. The molecular formula is C18H32N2S. The van der Waals surface area contributed by atoms with Crippen LogP contribution in [0.15, 0.2) is 17.5 Å². The molecule has 120 valence electrons. The summed E-state index contributed by atoms with van der Waals surface area (Å²) in [6.07, 6.45) is 5.41. The minimum absolute atomic E-state index is 0.335. The number of nitrogens with one attached hydrogen (secondary N) is 1. The maximum atomic E-state index is 3.90. The van der Waals surface area contributed by atoms with Gasteiger partial charge in [0.05, 0.1) is 0 Å². The Hall–Kier alpha value is -0.380. The summed E-state index contributed by atoms with van der Waals surface area (Å²) >= 11 is 1.88. The van der Waals surface area contributed by atoms with Crippen LogP contribution in [-0.2, 0) is 0 Å². The van der Waals surface area contributed by atoms with Crippen molar-refractivity contribution in [3.63, 3.8) is 0 Å². The molecule has 0 saturated heterocycles. The molecule has 1 aromatic rings. The molecule has 1 fully saturated rings. The second kappa shape index (κ2) is 7.26. The zero-order valence-corrected chi connectivity index (χ0v) is 15.2.